The molecule has 0 spiro atoms. The number of nitrogens with two attached hydrogens (primary N) is 1. The van der Waals surface area contributed by atoms with Crippen molar-refractivity contribution in [2.75, 3.05) is 5.73 Å². The fourth-order valence-electron chi connectivity index (χ4n) is 2.26. The largest absolute Gasteiger partial charge is 0.504 e. The fraction of sp³-hybridized carbons (Fsp3) is 0. The molecule has 3 aromatic carbocycles. The van der Waals surface area contributed by atoms with Crippen LogP contribution in [0.1, 0.15) is 10.4 Å². The van der Waals surface area contributed by atoms with Crippen LogP contribution in [0.3, 0.4) is 0 Å². The van der Waals surface area contributed by atoms with Crippen molar-refractivity contribution in [1.82, 2.24) is 0 Å². The molecule has 0 aliphatic heterocycles. The Bertz CT molecular complexity index is 1040. The van der Waals surface area contributed by atoms with Crippen LogP contribution in [0.25, 0.3) is 0 Å². The normalized spacial score (nSPS) is 11.1. The minimum absolute atomic E-state index is 0.0241. The van der Waals surface area contributed by atoms with Crippen molar-refractivity contribution >= 4 is 21.5 Å². The molecule has 0 aromatic heterocycles. The molecule has 3 aromatic rings. The van der Waals surface area contributed by atoms with Gasteiger partial charge in [-0.3, -0.25) is 0 Å². The number of rotatable bonds is 4. The number of sulfone groups is 1. The predicted molar refractivity (Wildman–Crippen MR) is 95.8 cm³/mol. The van der Waals surface area contributed by atoms with Gasteiger partial charge in [0.1, 0.15) is 0 Å². The highest BCUT2D eigenvalue weighted by molar-refractivity contribution is 7.91. The Morgan fingerprint density at radius 1 is 0.846 bits per heavy atom. The highest BCUT2D eigenvalue weighted by Crippen LogP contribution is 2.26. The van der Waals surface area contributed by atoms with Crippen LogP contribution in [-0.4, -0.2) is 19.5 Å². The number of ether oxygens (including phenoxy) is 1. The number of phenols is 1. The Balaban J connectivity index is 1.83. The van der Waals surface area contributed by atoms with Gasteiger partial charge in [0.2, 0.25) is 9.84 Å². The summed E-state index contributed by atoms with van der Waals surface area (Å²) in [4.78, 5) is 12.3. The monoisotopic (exact) mass is 369 g/mol. The van der Waals surface area contributed by atoms with Gasteiger partial charge in [-0.25, -0.2) is 13.2 Å². The lowest BCUT2D eigenvalue weighted by molar-refractivity contribution is 0.0729. The van der Waals surface area contributed by atoms with Gasteiger partial charge < -0.3 is 15.6 Å². The molecular formula is C19H15NO5S. The number of para-hydroxylation sites is 2. The zero-order chi connectivity index (χ0) is 18.7. The third kappa shape index (κ3) is 3.52. The van der Waals surface area contributed by atoms with Crippen molar-refractivity contribution in [2.24, 2.45) is 0 Å². The van der Waals surface area contributed by atoms with Crippen LogP contribution in [0, 0.1) is 0 Å². The first-order valence-corrected chi connectivity index (χ1v) is 9.07. The van der Waals surface area contributed by atoms with Gasteiger partial charge in [-0.2, -0.15) is 0 Å². The van der Waals surface area contributed by atoms with Gasteiger partial charge in [0.05, 0.1) is 15.4 Å². The van der Waals surface area contributed by atoms with Gasteiger partial charge in [-0.05, 0) is 60.7 Å². The summed E-state index contributed by atoms with van der Waals surface area (Å²) in [5, 5.41) is 9.64. The van der Waals surface area contributed by atoms with Gasteiger partial charge in [-0.1, -0.05) is 12.1 Å². The SMILES string of the molecule is Nc1ccc(S(=O)(=O)c2ccc(C(=O)Oc3ccccc3O)cc2)cc1. The van der Waals surface area contributed by atoms with Crippen molar-refractivity contribution < 1.29 is 23.1 Å². The summed E-state index contributed by atoms with van der Waals surface area (Å²) >= 11 is 0. The smallest absolute Gasteiger partial charge is 0.343 e. The Morgan fingerprint density at radius 3 is 1.96 bits per heavy atom. The summed E-state index contributed by atoms with van der Waals surface area (Å²) in [6.45, 7) is 0. The average Bonchev–Trinajstić information content (AvgIpc) is 2.64. The summed E-state index contributed by atoms with van der Waals surface area (Å²) in [7, 11) is -3.71. The number of carbonyl (C=O) groups is 1. The molecule has 0 saturated heterocycles. The number of anilines is 1. The zero-order valence-corrected chi connectivity index (χ0v) is 14.3. The molecule has 3 rings (SSSR count). The van der Waals surface area contributed by atoms with Gasteiger partial charge in [0.25, 0.3) is 0 Å². The van der Waals surface area contributed by atoms with Crippen molar-refractivity contribution in [1.29, 1.82) is 0 Å². The average molecular weight is 369 g/mol. The molecule has 0 fully saturated rings. The van der Waals surface area contributed by atoms with E-state index >= 15 is 0 Å². The number of phenolic OH excluding ortho intramolecular Hbond substituents is 1. The Morgan fingerprint density at radius 2 is 1.38 bits per heavy atom. The molecule has 0 aliphatic carbocycles. The van der Waals surface area contributed by atoms with E-state index in [-0.39, 0.29) is 26.9 Å². The minimum atomic E-state index is -3.71. The quantitative estimate of drug-likeness (QED) is 0.416. The van der Waals surface area contributed by atoms with E-state index in [1.807, 2.05) is 0 Å². The van der Waals surface area contributed by atoms with Crippen LogP contribution in [-0.2, 0) is 9.84 Å². The Labute approximate surface area is 150 Å². The molecule has 0 radical (unpaired) electrons. The first-order chi connectivity index (χ1) is 12.4. The number of aromatic hydroxyl groups is 1. The number of hydrogen-bond donors (Lipinski definition) is 2. The minimum Gasteiger partial charge on any atom is -0.504 e. The number of benzene rings is 3. The molecule has 3 N–H and O–H groups in total. The lowest BCUT2D eigenvalue weighted by Gasteiger charge is -2.08. The fourth-order valence-corrected chi connectivity index (χ4v) is 3.52. The van der Waals surface area contributed by atoms with E-state index < -0.39 is 15.8 Å². The van der Waals surface area contributed by atoms with Crippen molar-refractivity contribution in [3.05, 3.63) is 78.4 Å². The number of nitrogen functional groups attached to an aromatic ring is 1. The summed E-state index contributed by atoms with van der Waals surface area (Å²) in [6, 6.07) is 17.3. The first kappa shape index (κ1) is 17.5. The van der Waals surface area contributed by atoms with E-state index in [2.05, 4.69) is 0 Å². The van der Waals surface area contributed by atoms with Crippen LogP contribution >= 0.6 is 0 Å². The number of carbonyl (C=O) groups excluding carboxylic acids is 1. The maximum absolute atomic E-state index is 12.6. The van der Waals surface area contributed by atoms with Crippen LogP contribution in [0.15, 0.2) is 82.6 Å². The lowest BCUT2D eigenvalue weighted by Crippen LogP contribution is -2.09. The number of hydrogen-bond acceptors (Lipinski definition) is 6. The Hall–Kier alpha value is -3.32. The van der Waals surface area contributed by atoms with E-state index in [9.17, 15) is 18.3 Å². The van der Waals surface area contributed by atoms with E-state index in [1.54, 1.807) is 12.1 Å². The van der Waals surface area contributed by atoms with E-state index in [0.717, 1.165) is 0 Å². The summed E-state index contributed by atoms with van der Waals surface area (Å²) in [5.41, 5.74) is 6.19. The maximum atomic E-state index is 12.6. The topological polar surface area (TPSA) is 107 Å². The lowest BCUT2D eigenvalue weighted by atomic mass is 10.2. The predicted octanol–water partition coefficient (Wildman–Crippen LogP) is 3.03. The van der Waals surface area contributed by atoms with Crippen LogP contribution in [0.2, 0.25) is 0 Å². The summed E-state index contributed by atoms with van der Waals surface area (Å²) in [5.74, 6) is -0.845. The highest BCUT2D eigenvalue weighted by Gasteiger charge is 2.18. The van der Waals surface area contributed by atoms with E-state index in [1.165, 1.54) is 60.7 Å². The maximum Gasteiger partial charge on any atom is 0.343 e. The molecule has 0 bridgehead atoms. The third-order valence-corrected chi connectivity index (χ3v) is 5.44. The highest BCUT2D eigenvalue weighted by atomic mass is 32.2. The van der Waals surface area contributed by atoms with E-state index in [4.69, 9.17) is 10.5 Å². The molecule has 0 atom stereocenters. The second-order valence-corrected chi connectivity index (χ2v) is 7.40. The third-order valence-electron chi connectivity index (χ3n) is 3.66. The van der Waals surface area contributed by atoms with Crippen LogP contribution in [0.4, 0.5) is 5.69 Å². The zero-order valence-electron chi connectivity index (χ0n) is 13.5. The van der Waals surface area contributed by atoms with Crippen LogP contribution < -0.4 is 10.5 Å². The molecule has 0 amide bonds. The molecule has 0 unspecified atom stereocenters. The second kappa shape index (κ2) is 6.89. The summed E-state index contributed by atoms with van der Waals surface area (Å²) < 4.78 is 30.2. The molecule has 0 aliphatic rings. The summed E-state index contributed by atoms with van der Waals surface area (Å²) in [6.07, 6.45) is 0. The first-order valence-electron chi connectivity index (χ1n) is 7.59. The standard InChI is InChI=1S/C19H15NO5S/c20-14-7-11-16(12-8-14)26(23,24)15-9-5-13(6-10-15)19(22)25-18-4-2-1-3-17(18)21/h1-12,21H,20H2. The van der Waals surface area contributed by atoms with Gasteiger partial charge >= 0.3 is 5.97 Å². The molecule has 26 heavy (non-hydrogen) atoms. The molecule has 0 saturated carbocycles. The van der Waals surface area contributed by atoms with Crippen molar-refractivity contribution in [2.45, 2.75) is 9.79 Å². The molecule has 6 nitrogen and oxygen atoms in total. The Kier molecular flexibility index (Phi) is 4.64. The van der Waals surface area contributed by atoms with Gasteiger partial charge in [-0.15, -0.1) is 0 Å². The van der Waals surface area contributed by atoms with Gasteiger partial charge in [0, 0.05) is 5.69 Å². The molecule has 0 heterocycles. The van der Waals surface area contributed by atoms with Gasteiger partial charge in [0.15, 0.2) is 11.5 Å². The molecular weight excluding hydrogens is 354 g/mol. The van der Waals surface area contributed by atoms with Crippen molar-refractivity contribution in [3.63, 3.8) is 0 Å². The van der Waals surface area contributed by atoms with Crippen molar-refractivity contribution in [3.8, 4) is 11.5 Å². The van der Waals surface area contributed by atoms with Crippen LogP contribution in [0.5, 0.6) is 11.5 Å². The second-order valence-electron chi connectivity index (χ2n) is 5.45. The number of esters is 1. The molecule has 132 valence electrons. The molecule has 7 heteroatoms. The van der Waals surface area contributed by atoms with E-state index in [0.29, 0.717) is 5.69 Å².